The van der Waals surface area contributed by atoms with Crippen LogP contribution in [0.2, 0.25) is 0 Å². The summed E-state index contributed by atoms with van der Waals surface area (Å²) < 4.78 is 5.88. The summed E-state index contributed by atoms with van der Waals surface area (Å²) in [7, 11) is 0. The highest BCUT2D eigenvalue weighted by atomic mass is 32.1. The molecule has 6 nitrogen and oxygen atoms in total. The quantitative estimate of drug-likeness (QED) is 0.444. The Balaban J connectivity index is 1.34. The summed E-state index contributed by atoms with van der Waals surface area (Å²) in [6.07, 6.45) is 4.67. The van der Waals surface area contributed by atoms with E-state index in [2.05, 4.69) is 28.6 Å². The molecule has 1 aromatic heterocycles. The number of carbonyl (C=O) groups excluding carboxylic acids is 2. The van der Waals surface area contributed by atoms with E-state index in [-0.39, 0.29) is 23.9 Å². The second kappa shape index (κ2) is 11.5. The molecule has 184 valence electrons. The first-order valence-corrected chi connectivity index (χ1v) is 13.2. The molecule has 35 heavy (non-hydrogen) atoms. The Kier molecular flexibility index (Phi) is 8.18. The number of rotatable bonds is 8. The molecule has 2 aromatic carbocycles. The summed E-state index contributed by atoms with van der Waals surface area (Å²) in [6.45, 7) is 6.48. The van der Waals surface area contributed by atoms with E-state index in [1.807, 2.05) is 50.2 Å². The third-order valence-electron chi connectivity index (χ3n) is 6.37. The number of aryl methyl sites for hydroxylation is 3. The first-order chi connectivity index (χ1) is 16.9. The molecule has 2 N–H and O–H groups in total. The number of thiazole rings is 1. The predicted octanol–water partition coefficient (Wildman–Crippen LogP) is 5.37. The van der Waals surface area contributed by atoms with Crippen molar-refractivity contribution in [1.29, 1.82) is 0 Å². The smallest absolute Gasteiger partial charge is 0.271 e. The van der Waals surface area contributed by atoms with Crippen LogP contribution in [0.5, 0.6) is 5.75 Å². The van der Waals surface area contributed by atoms with Gasteiger partial charge in [0.05, 0.1) is 0 Å². The lowest BCUT2D eigenvalue weighted by molar-refractivity contribution is 0.0860. The summed E-state index contributed by atoms with van der Waals surface area (Å²) in [5.41, 5.74) is 4.52. The molecule has 3 aromatic rings. The molecule has 1 heterocycles. The maximum atomic E-state index is 12.9. The van der Waals surface area contributed by atoms with Crippen molar-refractivity contribution in [2.45, 2.75) is 71.6 Å². The Morgan fingerprint density at radius 2 is 1.60 bits per heavy atom. The number of nitrogens with zero attached hydrogens (tertiary/aromatic N) is 1. The van der Waals surface area contributed by atoms with Crippen LogP contribution in [0.15, 0.2) is 47.8 Å². The Labute approximate surface area is 211 Å². The average molecular weight is 492 g/mol. The fourth-order valence-corrected chi connectivity index (χ4v) is 5.19. The van der Waals surface area contributed by atoms with Gasteiger partial charge in [-0.15, -0.1) is 11.3 Å². The number of hydrogen-bond donors (Lipinski definition) is 2. The van der Waals surface area contributed by atoms with Crippen LogP contribution < -0.4 is 15.4 Å². The van der Waals surface area contributed by atoms with Crippen LogP contribution in [0.4, 0.5) is 0 Å². The van der Waals surface area contributed by atoms with Crippen molar-refractivity contribution >= 4 is 23.2 Å². The van der Waals surface area contributed by atoms with Crippen LogP contribution in [0.3, 0.4) is 0 Å². The van der Waals surface area contributed by atoms with Crippen LogP contribution in [0.25, 0.3) is 0 Å². The van der Waals surface area contributed by atoms with E-state index in [1.165, 1.54) is 16.9 Å². The van der Waals surface area contributed by atoms with Crippen LogP contribution in [0, 0.1) is 13.8 Å². The number of amides is 2. The molecule has 0 radical (unpaired) electrons. The molecule has 1 saturated carbocycles. The Bertz CT molecular complexity index is 1150. The Morgan fingerprint density at radius 3 is 2.23 bits per heavy atom. The summed E-state index contributed by atoms with van der Waals surface area (Å²) in [6, 6.07) is 13.6. The van der Waals surface area contributed by atoms with Crippen molar-refractivity contribution in [3.8, 4) is 5.75 Å². The van der Waals surface area contributed by atoms with Crippen molar-refractivity contribution in [3.05, 3.63) is 80.8 Å². The minimum atomic E-state index is -0.211. The summed E-state index contributed by atoms with van der Waals surface area (Å²) in [5, 5.41) is 8.77. The Hall–Kier alpha value is -3.19. The molecule has 4 rings (SSSR count). The van der Waals surface area contributed by atoms with E-state index in [0.717, 1.165) is 54.0 Å². The third kappa shape index (κ3) is 6.69. The van der Waals surface area contributed by atoms with Gasteiger partial charge < -0.3 is 15.4 Å². The second-order valence-electron chi connectivity index (χ2n) is 9.23. The van der Waals surface area contributed by atoms with E-state index < -0.39 is 0 Å². The van der Waals surface area contributed by atoms with Crippen molar-refractivity contribution in [2.75, 3.05) is 0 Å². The fraction of sp³-hybridized carbons (Fsp3) is 0.393. The number of carbonyl (C=O) groups is 2. The zero-order chi connectivity index (χ0) is 24.8. The molecule has 2 atom stereocenters. The van der Waals surface area contributed by atoms with Crippen molar-refractivity contribution in [1.82, 2.24) is 15.6 Å². The van der Waals surface area contributed by atoms with Gasteiger partial charge in [-0.05, 0) is 74.1 Å². The molecule has 0 spiro atoms. The molecule has 0 unspecified atom stereocenters. The van der Waals surface area contributed by atoms with Gasteiger partial charge in [0.25, 0.3) is 11.8 Å². The van der Waals surface area contributed by atoms with E-state index in [0.29, 0.717) is 17.9 Å². The van der Waals surface area contributed by atoms with E-state index in [1.54, 1.807) is 5.38 Å². The largest absolute Gasteiger partial charge is 0.486 e. The maximum Gasteiger partial charge on any atom is 0.271 e. The number of benzene rings is 2. The van der Waals surface area contributed by atoms with Crippen LogP contribution in [-0.4, -0.2) is 28.9 Å². The van der Waals surface area contributed by atoms with Gasteiger partial charge in [0.2, 0.25) is 0 Å². The van der Waals surface area contributed by atoms with Gasteiger partial charge in [-0.2, -0.15) is 0 Å². The van der Waals surface area contributed by atoms with Gasteiger partial charge in [-0.1, -0.05) is 38.0 Å². The van der Waals surface area contributed by atoms with Gasteiger partial charge in [0.1, 0.15) is 23.1 Å². The molecular weight excluding hydrogens is 458 g/mol. The molecule has 0 bridgehead atoms. The molecular formula is C28H33N3O3S. The lowest BCUT2D eigenvalue weighted by atomic mass is 9.90. The van der Waals surface area contributed by atoms with E-state index in [4.69, 9.17) is 4.74 Å². The van der Waals surface area contributed by atoms with Crippen LogP contribution in [0.1, 0.15) is 75.2 Å². The topological polar surface area (TPSA) is 80.3 Å². The van der Waals surface area contributed by atoms with Crippen LogP contribution >= 0.6 is 11.3 Å². The summed E-state index contributed by atoms with van der Waals surface area (Å²) >= 11 is 1.41. The zero-order valence-corrected chi connectivity index (χ0v) is 21.4. The highest BCUT2D eigenvalue weighted by Crippen LogP contribution is 2.21. The van der Waals surface area contributed by atoms with Crippen molar-refractivity contribution in [3.63, 3.8) is 0 Å². The SMILES string of the molecule is CCc1ccc(C(=O)N[C@H]2CCCC[C@H]2NC(=O)c2csc(COc3cc(C)cc(C)c3)n2)cc1. The van der Waals surface area contributed by atoms with E-state index >= 15 is 0 Å². The van der Waals surface area contributed by atoms with Crippen molar-refractivity contribution in [2.24, 2.45) is 0 Å². The number of hydrogen-bond acceptors (Lipinski definition) is 5. The standard InChI is InChI=1S/C28H33N3O3S/c1-4-20-9-11-21(12-10-20)27(32)30-23-7-5-6-8-24(23)31-28(33)25-17-35-26(29-25)16-34-22-14-18(2)13-19(3)15-22/h9-15,17,23-24H,4-8,16H2,1-3H3,(H,30,32)(H,31,33)/t23-,24+/m0/s1. The third-order valence-corrected chi connectivity index (χ3v) is 7.19. The molecule has 0 saturated heterocycles. The summed E-state index contributed by atoms with van der Waals surface area (Å²) in [4.78, 5) is 30.2. The minimum Gasteiger partial charge on any atom is -0.486 e. The molecule has 1 aliphatic rings. The molecule has 0 aliphatic heterocycles. The predicted molar refractivity (Wildman–Crippen MR) is 139 cm³/mol. The van der Waals surface area contributed by atoms with Crippen molar-refractivity contribution < 1.29 is 14.3 Å². The maximum absolute atomic E-state index is 12.9. The number of nitrogens with one attached hydrogen (secondary N) is 2. The van der Waals surface area contributed by atoms with Gasteiger partial charge >= 0.3 is 0 Å². The average Bonchev–Trinajstić information content (AvgIpc) is 3.33. The molecule has 1 fully saturated rings. The van der Waals surface area contributed by atoms with Gasteiger partial charge in [-0.3, -0.25) is 9.59 Å². The first-order valence-electron chi connectivity index (χ1n) is 12.3. The molecule has 7 heteroatoms. The fourth-order valence-electron chi connectivity index (χ4n) is 4.51. The molecule has 2 amide bonds. The zero-order valence-electron chi connectivity index (χ0n) is 20.6. The van der Waals surface area contributed by atoms with E-state index in [9.17, 15) is 9.59 Å². The minimum absolute atomic E-state index is 0.0988. The highest BCUT2D eigenvalue weighted by Gasteiger charge is 2.29. The summed E-state index contributed by atoms with van der Waals surface area (Å²) in [5.74, 6) is 0.490. The Morgan fingerprint density at radius 1 is 0.971 bits per heavy atom. The lowest BCUT2D eigenvalue weighted by Gasteiger charge is -2.32. The van der Waals surface area contributed by atoms with Gasteiger partial charge in [-0.25, -0.2) is 4.98 Å². The van der Waals surface area contributed by atoms with Crippen LogP contribution in [-0.2, 0) is 13.0 Å². The number of aromatic nitrogens is 1. The van der Waals surface area contributed by atoms with Gasteiger partial charge in [0, 0.05) is 23.0 Å². The van der Waals surface area contributed by atoms with Gasteiger partial charge in [0.15, 0.2) is 0 Å². The highest BCUT2D eigenvalue weighted by molar-refractivity contribution is 7.09. The monoisotopic (exact) mass is 491 g/mol. The molecule has 1 aliphatic carbocycles. The first kappa shape index (κ1) is 24.9. The lowest BCUT2D eigenvalue weighted by Crippen LogP contribution is -2.53. The number of ether oxygens (including phenoxy) is 1. The second-order valence-corrected chi connectivity index (χ2v) is 10.2. The normalized spacial score (nSPS) is 17.6.